The van der Waals surface area contributed by atoms with Crippen LogP contribution in [0.15, 0.2) is 18.3 Å². The van der Waals surface area contributed by atoms with Gasteiger partial charge in [-0.1, -0.05) is 6.92 Å². The van der Waals surface area contributed by atoms with Crippen LogP contribution in [0.1, 0.15) is 26.0 Å². The van der Waals surface area contributed by atoms with Crippen molar-refractivity contribution in [3.63, 3.8) is 0 Å². The first-order chi connectivity index (χ1) is 6.63. The van der Waals surface area contributed by atoms with Gasteiger partial charge in [0, 0.05) is 12.6 Å². The van der Waals surface area contributed by atoms with E-state index in [0.29, 0.717) is 6.04 Å². The second-order valence-electron chi connectivity index (χ2n) is 3.76. The molecule has 78 valence electrons. The smallest absolute Gasteiger partial charge is 0.0545 e. The SMILES string of the molecule is CCC(C)N(C)Cc1ccc(N)cn1. The third kappa shape index (κ3) is 3.00. The van der Waals surface area contributed by atoms with Crippen LogP contribution in [0, 0.1) is 0 Å². The Bertz CT molecular complexity index is 268. The van der Waals surface area contributed by atoms with Gasteiger partial charge in [0.15, 0.2) is 0 Å². The van der Waals surface area contributed by atoms with E-state index < -0.39 is 0 Å². The average Bonchev–Trinajstić information content (AvgIpc) is 2.20. The van der Waals surface area contributed by atoms with E-state index >= 15 is 0 Å². The maximum absolute atomic E-state index is 5.57. The lowest BCUT2D eigenvalue weighted by atomic mass is 10.2. The Morgan fingerprint density at radius 2 is 2.21 bits per heavy atom. The van der Waals surface area contributed by atoms with Crippen LogP contribution in [-0.2, 0) is 6.54 Å². The van der Waals surface area contributed by atoms with Crippen LogP contribution in [0.4, 0.5) is 5.69 Å². The van der Waals surface area contributed by atoms with E-state index in [1.54, 1.807) is 6.20 Å². The minimum atomic E-state index is 0.592. The van der Waals surface area contributed by atoms with E-state index in [9.17, 15) is 0 Å². The average molecular weight is 193 g/mol. The predicted molar refractivity (Wildman–Crippen MR) is 59.9 cm³/mol. The molecule has 3 nitrogen and oxygen atoms in total. The van der Waals surface area contributed by atoms with E-state index in [0.717, 1.165) is 24.3 Å². The van der Waals surface area contributed by atoms with Gasteiger partial charge in [0.1, 0.15) is 0 Å². The molecule has 0 spiro atoms. The first-order valence-corrected chi connectivity index (χ1v) is 5.04. The Morgan fingerprint density at radius 1 is 1.50 bits per heavy atom. The highest BCUT2D eigenvalue weighted by atomic mass is 15.1. The first kappa shape index (κ1) is 11.0. The molecule has 1 atom stereocenters. The Hall–Kier alpha value is -1.09. The van der Waals surface area contributed by atoms with Crippen LogP contribution >= 0.6 is 0 Å². The molecular formula is C11H19N3. The second kappa shape index (κ2) is 4.96. The fourth-order valence-corrected chi connectivity index (χ4v) is 1.25. The van der Waals surface area contributed by atoms with Crippen molar-refractivity contribution in [3.8, 4) is 0 Å². The Kier molecular flexibility index (Phi) is 3.89. The molecule has 1 heterocycles. The summed E-state index contributed by atoms with van der Waals surface area (Å²) in [7, 11) is 2.12. The van der Waals surface area contributed by atoms with Gasteiger partial charge in [-0.25, -0.2) is 0 Å². The molecule has 0 aliphatic carbocycles. The van der Waals surface area contributed by atoms with Crippen LogP contribution in [-0.4, -0.2) is 23.0 Å². The summed E-state index contributed by atoms with van der Waals surface area (Å²) in [5, 5.41) is 0. The van der Waals surface area contributed by atoms with Gasteiger partial charge in [0.05, 0.1) is 17.6 Å². The number of pyridine rings is 1. The molecule has 0 fully saturated rings. The Labute approximate surface area is 85.9 Å². The number of nitrogens with two attached hydrogens (primary N) is 1. The lowest BCUT2D eigenvalue weighted by Gasteiger charge is -2.22. The monoisotopic (exact) mass is 193 g/mol. The van der Waals surface area contributed by atoms with Gasteiger partial charge in [-0.3, -0.25) is 9.88 Å². The highest BCUT2D eigenvalue weighted by molar-refractivity contribution is 5.34. The molecule has 0 aromatic carbocycles. The van der Waals surface area contributed by atoms with Crippen molar-refractivity contribution in [2.45, 2.75) is 32.9 Å². The zero-order valence-corrected chi connectivity index (χ0v) is 9.20. The van der Waals surface area contributed by atoms with Crippen molar-refractivity contribution >= 4 is 5.69 Å². The summed E-state index contributed by atoms with van der Waals surface area (Å²) in [6, 6.07) is 4.47. The normalized spacial score (nSPS) is 13.1. The Balaban J connectivity index is 2.56. The van der Waals surface area contributed by atoms with E-state index in [4.69, 9.17) is 5.73 Å². The summed E-state index contributed by atoms with van der Waals surface area (Å²) in [6.07, 6.45) is 2.87. The number of aromatic nitrogens is 1. The molecule has 1 unspecified atom stereocenters. The molecule has 1 aromatic heterocycles. The molecule has 1 aromatic rings. The van der Waals surface area contributed by atoms with Crippen molar-refractivity contribution in [2.75, 3.05) is 12.8 Å². The molecule has 0 saturated carbocycles. The number of anilines is 1. The summed E-state index contributed by atoms with van der Waals surface area (Å²) in [5.41, 5.74) is 7.36. The summed E-state index contributed by atoms with van der Waals surface area (Å²) in [6.45, 7) is 5.30. The zero-order valence-electron chi connectivity index (χ0n) is 9.20. The fraction of sp³-hybridized carbons (Fsp3) is 0.545. The van der Waals surface area contributed by atoms with E-state index in [2.05, 4.69) is 30.8 Å². The van der Waals surface area contributed by atoms with Crippen molar-refractivity contribution in [3.05, 3.63) is 24.0 Å². The molecule has 1 rings (SSSR count). The van der Waals surface area contributed by atoms with Gasteiger partial charge in [0.25, 0.3) is 0 Å². The summed E-state index contributed by atoms with van der Waals surface area (Å²) in [5.74, 6) is 0. The summed E-state index contributed by atoms with van der Waals surface area (Å²) in [4.78, 5) is 6.56. The van der Waals surface area contributed by atoms with Crippen LogP contribution in [0.5, 0.6) is 0 Å². The van der Waals surface area contributed by atoms with Gasteiger partial charge < -0.3 is 5.73 Å². The number of rotatable bonds is 4. The maximum atomic E-state index is 5.57. The highest BCUT2D eigenvalue weighted by Crippen LogP contribution is 2.07. The van der Waals surface area contributed by atoms with E-state index in [1.807, 2.05) is 12.1 Å². The van der Waals surface area contributed by atoms with Gasteiger partial charge in [-0.15, -0.1) is 0 Å². The molecular weight excluding hydrogens is 174 g/mol. The third-order valence-corrected chi connectivity index (χ3v) is 2.60. The number of nitrogens with zero attached hydrogens (tertiary/aromatic N) is 2. The maximum Gasteiger partial charge on any atom is 0.0545 e. The summed E-state index contributed by atoms with van der Waals surface area (Å²) < 4.78 is 0. The minimum absolute atomic E-state index is 0.592. The molecule has 0 aliphatic heterocycles. The van der Waals surface area contributed by atoms with Gasteiger partial charge in [-0.2, -0.15) is 0 Å². The van der Waals surface area contributed by atoms with Crippen molar-refractivity contribution in [2.24, 2.45) is 0 Å². The van der Waals surface area contributed by atoms with Gasteiger partial charge in [-0.05, 0) is 32.5 Å². The first-order valence-electron chi connectivity index (χ1n) is 5.04. The molecule has 0 amide bonds. The summed E-state index contributed by atoms with van der Waals surface area (Å²) >= 11 is 0. The highest BCUT2D eigenvalue weighted by Gasteiger charge is 2.07. The molecule has 0 saturated heterocycles. The van der Waals surface area contributed by atoms with E-state index in [1.165, 1.54) is 0 Å². The van der Waals surface area contributed by atoms with Crippen LogP contribution in [0.25, 0.3) is 0 Å². The molecule has 0 radical (unpaired) electrons. The van der Waals surface area contributed by atoms with E-state index in [-0.39, 0.29) is 0 Å². The second-order valence-corrected chi connectivity index (χ2v) is 3.76. The zero-order chi connectivity index (χ0) is 10.6. The Morgan fingerprint density at radius 3 is 2.71 bits per heavy atom. The lowest BCUT2D eigenvalue weighted by Crippen LogP contribution is -2.28. The van der Waals surface area contributed by atoms with Crippen LogP contribution < -0.4 is 5.73 Å². The van der Waals surface area contributed by atoms with Crippen LogP contribution in [0.3, 0.4) is 0 Å². The van der Waals surface area contributed by atoms with Crippen molar-refractivity contribution < 1.29 is 0 Å². The van der Waals surface area contributed by atoms with Crippen molar-refractivity contribution in [1.29, 1.82) is 0 Å². The molecule has 2 N–H and O–H groups in total. The van der Waals surface area contributed by atoms with Gasteiger partial charge in [0.2, 0.25) is 0 Å². The predicted octanol–water partition coefficient (Wildman–Crippen LogP) is 1.89. The van der Waals surface area contributed by atoms with Gasteiger partial charge >= 0.3 is 0 Å². The fourth-order valence-electron chi connectivity index (χ4n) is 1.25. The standard InChI is InChI=1S/C11H19N3/c1-4-9(2)14(3)8-11-6-5-10(12)7-13-11/h5-7,9H,4,8,12H2,1-3H3. The number of hydrogen-bond donors (Lipinski definition) is 1. The third-order valence-electron chi connectivity index (χ3n) is 2.60. The largest absolute Gasteiger partial charge is 0.397 e. The minimum Gasteiger partial charge on any atom is -0.397 e. The molecule has 14 heavy (non-hydrogen) atoms. The lowest BCUT2D eigenvalue weighted by molar-refractivity contribution is 0.241. The number of hydrogen-bond acceptors (Lipinski definition) is 3. The molecule has 0 bridgehead atoms. The quantitative estimate of drug-likeness (QED) is 0.794. The topological polar surface area (TPSA) is 42.1 Å². The van der Waals surface area contributed by atoms with Crippen LogP contribution in [0.2, 0.25) is 0 Å². The molecule has 3 heteroatoms. The number of nitrogen functional groups attached to an aromatic ring is 1. The molecule has 0 aliphatic rings. The van der Waals surface area contributed by atoms with Crippen molar-refractivity contribution in [1.82, 2.24) is 9.88 Å².